The van der Waals surface area contributed by atoms with E-state index >= 15 is 0 Å². The molecule has 17 heavy (non-hydrogen) atoms. The van der Waals surface area contributed by atoms with Crippen molar-refractivity contribution in [2.24, 2.45) is 5.73 Å². The summed E-state index contributed by atoms with van der Waals surface area (Å²) in [5.41, 5.74) is 8.12. The van der Waals surface area contributed by atoms with E-state index in [0.717, 1.165) is 24.4 Å². The summed E-state index contributed by atoms with van der Waals surface area (Å²) in [4.78, 5) is 2.42. The van der Waals surface area contributed by atoms with Gasteiger partial charge in [-0.3, -0.25) is 4.90 Å². The second-order valence-electron chi connectivity index (χ2n) is 4.17. The number of rotatable bonds is 6. The first-order valence-corrected chi connectivity index (χ1v) is 6.28. The zero-order valence-corrected chi connectivity index (χ0v) is 11.4. The molecule has 0 fully saturated rings. The summed E-state index contributed by atoms with van der Waals surface area (Å²) in [5, 5.41) is 0. The van der Waals surface area contributed by atoms with Gasteiger partial charge in [-0.05, 0) is 37.7 Å². The SMILES string of the molecule is CCN(CC)C(C)c1ccc(OC)c(CN)c1. The smallest absolute Gasteiger partial charge is 0.123 e. The fourth-order valence-electron chi connectivity index (χ4n) is 2.20. The number of hydrogen-bond donors (Lipinski definition) is 1. The number of ether oxygens (including phenoxy) is 1. The van der Waals surface area contributed by atoms with Gasteiger partial charge in [-0.1, -0.05) is 19.9 Å². The minimum atomic E-state index is 0.418. The van der Waals surface area contributed by atoms with E-state index in [0.29, 0.717) is 12.6 Å². The van der Waals surface area contributed by atoms with E-state index in [-0.39, 0.29) is 0 Å². The van der Waals surface area contributed by atoms with Gasteiger partial charge in [0.2, 0.25) is 0 Å². The minimum absolute atomic E-state index is 0.418. The lowest BCUT2D eigenvalue weighted by atomic mass is 10.0. The molecule has 0 aliphatic heterocycles. The lowest BCUT2D eigenvalue weighted by molar-refractivity contribution is 0.234. The zero-order valence-electron chi connectivity index (χ0n) is 11.4. The first-order chi connectivity index (χ1) is 8.17. The van der Waals surface area contributed by atoms with Crippen molar-refractivity contribution in [2.45, 2.75) is 33.4 Å². The Hall–Kier alpha value is -1.06. The molecule has 0 amide bonds. The van der Waals surface area contributed by atoms with Crippen LogP contribution in [0.4, 0.5) is 0 Å². The van der Waals surface area contributed by atoms with Crippen LogP contribution in [0.5, 0.6) is 5.75 Å². The Morgan fingerprint density at radius 1 is 1.29 bits per heavy atom. The Morgan fingerprint density at radius 3 is 2.41 bits per heavy atom. The van der Waals surface area contributed by atoms with Gasteiger partial charge >= 0.3 is 0 Å². The number of hydrogen-bond acceptors (Lipinski definition) is 3. The summed E-state index contributed by atoms with van der Waals surface area (Å²) in [7, 11) is 1.68. The van der Waals surface area contributed by atoms with E-state index in [4.69, 9.17) is 10.5 Å². The quantitative estimate of drug-likeness (QED) is 0.825. The Labute approximate surface area is 105 Å². The van der Waals surface area contributed by atoms with Gasteiger partial charge in [0, 0.05) is 18.2 Å². The van der Waals surface area contributed by atoms with E-state index in [1.807, 2.05) is 6.07 Å². The molecule has 2 N–H and O–H groups in total. The Kier molecular flexibility index (Phi) is 5.45. The van der Waals surface area contributed by atoms with Crippen LogP contribution in [-0.2, 0) is 6.54 Å². The molecule has 3 nitrogen and oxygen atoms in total. The molecule has 0 saturated carbocycles. The third-order valence-electron chi connectivity index (χ3n) is 3.37. The third kappa shape index (κ3) is 3.20. The van der Waals surface area contributed by atoms with Crippen molar-refractivity contribution in [3.05, 3.63) is 29.3 Å². The maximum Gasteiger partial charge on any atom is 0.123 e. The first-order valence-electron chi connectivity index (χ1n) is 6.28. The fourth-order valence-corrected chi connectivity index (χ4v) is 2.20. The number of benzene rings is 1. The average molecular weight is 236 g/mol. The zero-order chi connectivity index (χ0) is 12.8. The molecule has 1 unspecified atom stereocenters. The highest BCUT2D eigenvalue weighted by atomic mass is 16.5. The van der Waals surface area contributed by atoms with Crippen molar-refractivity contribution in [2.75, 3.05) is 20.2 Å². The van der Waals surface area contributed by atoms with Gasteiger partial charge in [-0.25, -0.2) is 0 Å². The minimum Gasteiger partial charge on any atom is -0.496 e. The molecule has 0 heterocycles. The normalized spacial score (nSPS) is 12.8. The Bertz CT molecular complexity index is 348. The molecular weight excluding hydrogens is 212 g/mol. The summed E-state index contributed by atoms with van der Waals surface area (Å²) < 4.78 is 5.29. The molecule has 96 valence electrons. The van der Waals surface area contributed by atoms with Crippen LogP contribution in [0.25, 0.3) is 0 Å². The molecule has 1 atom stereocenters. The monoisotopic (exact) mass is 236 g/mol. The lowest BCUT2D eigenvalue weighted by Crippen LogP contribution is -2.26. The summed E-state index contributed by atoms with van der Waals surface area (Å²) in [5.74, 6) is 0.878. The number of nitrogens with zero attached hydrogens (tertiary/aromatic N) is 1. The molecule has 1 aromatic rings. The van der Waals surface area contributed by atoms with Crippen molar-refractivity contribution in [1.82, 2.24) is 4.90 Å². The van der Waals surface area contributed by atoms with Crippen molar-refractivity contribution < 1.29 is 4.74 Å². The highest BCUT2D eigenvalue weighted by Gasteiger charge is 2.13. The van der Waals surface area contributed by atoms with Crippen LogP contribution in [0, 0.1) is 0 Å². The van der Waals surface area contributed by atoms with E-state index in [2.05, 4.69) is 37.8 Å². The maximum atomic E-state index is 5.74. The molecular formula is C14H24N2O. The van der Waals surface area contributed by atoms with Gasteiger partial charge in [-0.15, -0.1) is 0 Å². The van der Waals surface area contributed by atoms with Gasteiger partial charge in [0.25, 0.3) is 0 Å². The summed E-state index contributed by atoms with van der Waals surface area (Å²) in [6.07, 6.45) is 0. The molecule has 3 heteroatoms. The van der Waals surface area contributed by atoms with Crippen LogP contribution in [0.1, 0.15) is 37.9 Å². The second kappa shape index (κ2) is 6.62. The molecule has 0 bridgehead atoms. The molecule has 0 saturated heterocycles. The number of nitrogens with two attached hydrogens (primary N) is 1. The van der Waals surface area contributed by atoms with Crippen molar-refractivity contribution in [3.8, 4) is 5.75 Å². The Balaban J connectivity index is 2.98. The second-order valence-corrected chi connectivity index (χ2v) is 4.17. The summed E-state index contributed by atoms with van der Waals surface area (Å²) >= 11 is 0. The highest BCUT2D eigenvalue weighted by molar-refractivity contribution is 5.38. The fraction of sp³-hybridized carbons (Fsp3) is 0.571. The van der Waals surface area contributed by atoms with Crippen LogP contribution < -0.4 is 10.5 Å². The highest BCUT2D eigenvalue weighted by Crippen LogP contribution is 2.25. The average Bonchev–Trinajstić information content (AvgIpc) is 2.39. The largest absolute Gasteiger partial charge is 0.496 e. The number of methoxy groups -OCH3 is 1. The van der Waals surface area contributed by atoms with Crippen LogP contribution in [0.15, 0.2) is 18.2 Å². The van der Waals surface area contributed by atoms with E-state index < -0.39 is 0 Å². The molecule has 0 aliphatic carbocycles. The first kappa shape index (κ1) is 14.0. The van der Waals surface area contributed by atoms with Gasteiger partial charge in [0.05, 0.1) is 7.11 Å². The lowest BCUT2D eigenvalue weighted by Gasteiger charge is -2.27. The van der Waals surface area contributed by atoms with Gasteiger partial charge in [-0.2, -0.15) is 0 Å². The van der Waals surface area contributed by atoms with Crippen molar-refractivity contribution in [1.29, 1.82) is 0 Å². The standard InChI is InChI=1S/C14H24N2O/c1-5-16(6-2)11(3)12-7-8-14(17-4)13(9-12)10-15/h7-9,11H,5-6,10,15H2,1-4H3. The molecule has 0 aliphatic rings. The molecule has 0 spiro atoms. The van der Waals surface area contributed by atoms with Crippen molar-refractivity contribution >= 4 is 0 Å². The van der Waals surface area contributed by atoms with E-state index in [1.54, 1.807) is 7.11 Å². The van der Waals surface area contributed by atoms with Crippen LogP contribution in [0.2, 0.25) is 0 Å². The predicted molar refractivity (Wildman–Crippen MR) is 72.2 cm³/mol. The van der Waals surface area contributed by atoms with Crippen LogP contribution in [0.3, 0.4) is 0 Å². The van der Waals surface area contributed by atoms with Gasteiger partial charge in [0.15, 0.2) is 0 Å². The van der Waals surface area contributed by atoms with Crippen LogP contribution in [-0.4, -0.2) is 25.1 Å². The summed E-state index contributed by atoms with van der Waals surface area (Å²) in [6, 6.07) is 6.71. The van der Waals surface area contributed by atoms with E-state index in [9.17, 15) is 0 Å². The Morgan fingerprint density at radius 2 is 1.94 bits per heavy atom. The summed E-state index contributed by atoms with van der Waals surface area (Å²) in [6.45, 7) is 9.24. The molecule has 1 aromatic carbocycles. The van der Waals surface area contributed by atoms with Gasteiger partial charge < -0.3 is 10.5 Å². The third-order valence-corrected chi connectivity index (χ3v) is 3.37. The molecule has 0 aromatic heterocycles. The van der Waals surface area contributed by atoms with Gasteiger partial charge in [0.1, 0.15) is 5.75 Å². The van der Waals surface area contributed by atoms with Crippen LogP contribution >= 0.6 is 0 Å². The maximum absolute atomic E-state index is 5.74. The van der Waals surface area contributed by atoms with E-state index in [1.165, 1.54) is 5.56 Å². The molecule has 0 radical (unpaired) electrons. The van der Waals surface area contributed by atoms with Crippen molar-refractivity contribution in [3.63, 3.8) is 0 Å². The topological polar surface area (TPSA) is 38.5 Å². The molecule has 1 rings (SSSR count). The predicted octanol–water partition coefficient (Wildman–Crippen LogP) is 2.56.